The minimum absolute atomic E-state index is 0.560. The average molecular weight is 237 g/mol. The normalized spacial score (nSPS) is 17.4. The Bertz CT molecular complexity index is 347. The molecule has 0 unspecified atom stereocenters. The van der Waals surface area contributed by atoms with Crippen LogP contribution in [0.4, 0.5) is 5.95 Å². The Morgan fingerprint density at radius 1 is 1.25 bits per heavy atom. The van der Waals surface area contributed by atoms with Gasteiger partial charge in [-0.2, -0.15) is 0 Å². The maximum atomic E-state index is 5.52. The van der Waals surface area contributed by atoms with Gasteiger partial charge in [0.1, 0.15) is 0 Å². The maximum Gasteiger partial charge on any atom is 0.225 e. The fraction of sp³-hybridized carbons (Fsp3) is 0.500. The molecule has 1 saturated heterocycles. The monoisotopic (exact) mass is 237 g/mol. The highest BCUT2D eigenvalue weighted by Crippen LogP contribution is 2.08. The first-order chi connectivity index (χ1) is 7.75. The lowest BCUT2D eigenvalue weighted by atomic mass is 10.3. The van der Waals surface area contributed by atoms with E-state index < -0.39 is 0 Å². The van der Waals surface area contributed by atoms with Crippen molar-refractivity contribution in [3.8, 4) is 0 Å². The van der Waals surface area contributed by atoms with Crippen LogP contribution in [-0.4, -0.2) is 52.6 Å². The Hall–Kier alpha value is -1.27. The zero-order valence-electron chi connectivity index (χ0n) is 9.04. The van der Waals surface area contributed by atoms with E-state index in [0.717, 1.165) is 32.1 Å². The van der Waals surface area contributed by atoms with Crippen LogP contribution in [0.1, 0.15) is 0 Å². The Kier molecular flexibility index (Phi) is 3.63. The summed E-state index contributed by atoms with van der Waals surface area (Å²) in [5, 5.41) is 0. The van der Waals surface area contributed by atoms with Crippen LogP contribution in [-0.2, 0) is 0 Å². The molecule has 5 nitrogen and oxygen atoms in total. The Morgan fingerprint density at radius 3 is 2.44 bits per heavy atom. The van der Waals surface area contributed by atoms with Crippen molar-refractivity contribution >= 4 is 23.2 Å². The van der Waals surface area contributed by atoms with Crippen LogP contribution in [0.25, 0.3) is 0 Å². The standard InChI is InChI=1S/C10H15N5S/c11-9(16)8-14-4-6-15(7-5-14)10-12-2-1-3-13-10/h1-3H,4-8H2,(H2,11,16). The number of hydrogen-bond donors (Lipinski definition) is 1. The van der Waals surface area contributed by atoms with E-state index >= 15 is 0 Å². The van der Waals surface area contributed by atoms with Crippen molar-refractivity contribution in [2.45, 2.75) is 0 Å². The lowest BCUT2D eigenvalue weighted by molar-refractivity contribution is 0.291. The maximum absolute atomic E-state index is 5.52. The smallest absolute Gasteiger partial charge is 0.225 e. The van der Waals surface area contributed by atoms with Gasteiger partial charge in [0.25, 0.3) is 0 Å². The molecule has 6 heteroatoms. The van der Waals surface area contributed by atoms with Gasteiger partial charge in [-0.1, -0.05) is 12.2 Å². The van der Waals surface area contributed by atoms with E-state index in [1.54, 1.807) is 12.4 Å². The van der Waals surface area contributed by atoms with Crippen LogP contribution < -0.4 is 10.6 Å². The van der Waals surface area contributed by atoms with Gasteiger partial charge in [0.15, 0.2) is 0 Å². The molecule has 0 spiro atoms. The number of hydrogen-bond acceptors (Lipinski definition) is 5. The van der Waals surface area contributed by atoms with Crippen LogP contribution in [0.2, 0.25) is 0 Å². The zero-order valence-corrected chi connectivity index (χ0v) is 9.86. The SMILES string of the molecule is NC(=S)CN1CCN(c2ncccn2)CC1. The first-order valence-corrected chi connectivity index (χ1v) is 5.69. The molecule has 1 aliphatic heterocycles. The molecule has 0 radical (unpaired) electrons. The first-order valence-electron chi connectivity index (χ1n) is 5.28. The van der Waals surface area contributed by atoms with Crippen LogP contribution in [0.3, 0.4) is 0 Å². The molecule has 0 saturated carbocycles. The Balaban J connectivity index is 1.88. The van der Waals surface area contributed by atoms with E-state index in [-0.39, 0.29) is 0 Å². The van der Waals surface area contributed by atoms with E-state index in [2.05, 4.69) is 19.8 Å². The molecule has 0 amide bonds. The van der Waals surface area contributed by atoms with E-state index in [9.17, 15) is 0 Å². The van der Waals surface area contributed by atoms with E-state index in [4.69, 9.17) is 18.0 Å². The third-order valence-electron chi connectivity index (χ3n) is 2.59. The van der Waals surface area contributed by atoms with Crippen LogP contribution in [0, 0.1) is 0 Å². The highest BCUT2D eigenvalue weighted by atomic mass is 32.1. The molecule has 2 heterocycles. The van der Waals surface area contributed by atoms with Gasteiger partial charge in [-0.15, -0.1) is 0 Å². The molecular weight excluding hydrogens is 222 g/mol. The molecule has 1 aromatic rings. The third-order valence-corrected chi connectivity index (χ3v) is 2.72. The summed E-state index contributed by atoms with van der Waals surface area (Å²) in [7, 11) is 0. The number of nitrogens with zero attached hydrogens (tertiary/aromatic N) is 4. The second-order valence-electron chi connectivity index (χ2n) is 3.78. The van der Waals surface area contributed by atoms with Gasteiger partial charge in [0, 0.05) is 45.1 Å². The van der Waals surface area contributed by atoms with Gasteiger partial charge in [0.05, 0.1) is 4.99 Å². The summed E-state index contributed by atoms with van der Waals surface area (Å²) in [5.74, 6) is 0.803. The van der Waals surface area contributed by atoms with Crippen molar-refractivity contribution < 1.29 is 0 Å². The predicted octanol–water partition coefficient (Wildman–Crippen LogP) is -0.115. The summed E-state index contributed by atoms with van der Waals surface area (Å²) in [4.78, 5) is 13.5. The van der Waals surface area contributed by atoms with Crippen LogP contribution in [0.5, 0.6) is 0 Å². The van der Waals surface area contributed by atoms with Crippen molar-refractivity contribution in [1.82, 2.24) is 14.9 Å². The zero-order chi connectivity index (χ0) is 11.4. The molecule has 0 atom stereocenters. The molecule has 2 rings (SSSR count). The molecule has 16 heavy (non-hydrogen) atoms. The van der Waals surface area contributed by atoms with Crippen molar-refractivity contribution in [2.75, 3.05) is 37.6 Å². The van der Waals surface area contributed by atoms with Gasteiger partial charge in [-0.25, -0.2) is 9.97 Å². The number of rotatable bonds is 3. The van der Waals surface area contributed by atoms with Crippen molar-refractivity contribution in [1.29, 1.82) is 0 Å². The lowest BCUT2D eigenvalue weighted by Crippen LogP contribution is -2.49. The highest BCUT2D eigenvalue weighted by Gasteiger charge is 2.18. The molecular formula is C10H15N5S. The molecule has 1 aliphatic rings. The quantitative estimate of drug-likeness (QED) is 0.740. The molecule has 0 bridgehead atoms. The van der Waals surface area contributed by atoms with Crippen molar-refractivity contribution in [3.05, 3.63) is 18.5 Å². The summed E-state index contributed by atoms with van der Waals surface area (Å²) in [6, 6.07) is 1.83. The lowest BCUT2D eigenvalue weighted by Gasteiger charge is -2.34. The Morgan fingerprint density at radius 2 is 1.88 bits per heavy atom. The second-order valence-corrected chi connectivity index (χ2v) is 4.30. The third kappa shape index (κ3) is 2.86. The number of thiocarbonyl (C=S) groups is 1. The molecule has 2 N–H and O–H groups in total. The predicted molar refractivity (Wildman–Crippen MR) is 67.5 cm³/mol. The first kappa shape index (κ1) is 11.2. The van der Waals surface area contributed by atoms with Gasteiger partial charge in [-0.3, -0.25) is 4.90 Å². The number of piperazine rings is 1. The van der Waals surface area contributed by atoms with Gasteiger partial charge >= 0.3 is 0 Å². The average Bonchev–Trinajstić information content (AvgIpc) is 2.30. The minimum Gasteiger partial charge on any atom is -0.392 e. The summed E-state index contributed by atoms with van der Waals surface area (Å²) >= 11 is 4.90. The number of nitrogens with two attached hydrogens (primary N) is 1. The van der Waals surface area contributed by atoms with Crippen molar-refractivity contribution in [2.24, 2.45) is 5.73 Å². The molecule has 0 aliphatic carbocycles. The number of aromatic nitrogens is 2. The summed E-state index contributed by atoms with van der Waals surface area (Å²) in [6.07, 6.45) is 3.54. The highest BCUT2D eigenvalue weighted by molar-refractivity contribution is 7.80. The van der Waals surface area contributed by atoms with E-state index in [0.29, 0.717) is 11.5 Å². The summed E-state index contributed by atoms with van der Waals surface area (Å²) < 4.78 is 0. The summed E-state index contributed by atoms with van der Waals surface area (Å²) in [6.45, 7) is 4.46. The fourth-order valence-corrected chi connectivity index (χ4v) is 1.96. The minimum atomic E-state index is 0.560. The number of anilines is 1. The molecule has 1 aromatic heterocycles. The second kappa shape index (κ2) is 5.18. The van der Waals surface area contributed by atoms with Gasteiger partial charge < -0.3 is 10.6 Å². The summed E-state index contributed by atoms with van der Waals surface area (Å²) in [5.41, 5.74) is 5.52. The topological polar surface area (TPSA) is 58.3 Å². The molecule has 1 fully saturated rings. The van der Waals surface area contributed by atoms with Crippen molar-refractivity contribution in [3.63, 3.8) is 0 Å². The van der Waals surface area contributed by atoms with E-state index in [1.165, 1.54) is 0 Å². The van der Waals surface area contributed by atoms with Gasteiger partial charge in [-0.05, 0) is 6.07 Å². The van der Waals surface area contributed by atoms with Gasteiger partial charge in [0.2, 0.25) is 5.95 Å². The largest absolute Gasteiger partial charge is 0.392 e. The van der Waals surface area contributed by atoms with Crippen LogP contribution in [0.15, 0.2) is 18.5 Å². The molecule has 0 aromatic carbocycles. The fourth-order valence-electron chi connectivity index (χ4n) is 1.78. The van der Waals surface area contributed by atoms with E-state index in [1.807, 2.05) is 6.07 Å². The molecule has 86 valence electrons. The Labute approximate surface area is 100 Å². The van der Waals surface area contributed by atoms with Crippen LogP contribution >= 0.6 is 12.2 Å².